The first kappa shape index (κ1) is 16.1. The molecule has 0 aliphatic heterocycles. The second-order valence-corrected chi connectivity index (χ2v) is 5.21. The van der Waals surface area contributed by atoms with Crippen molar-refractivity contribution in [1.29, 1.82) is 0 Å². The maximum absolute atomic E-state index is 12.7. The Hall–Kier alpha value is -1.91. The summed E-state index contributed by atoms with van der Waals surface area (Å²) < 4.78 is 12.7. The van der Waals surface area contributed by atoms with Crippen LogP contribution in [0.4, 0.5) is 4.39 Å². The summed E-state index contributed by atoms with van der Waals surface area (Å²) in [4.78, 5) is 22.8. The molecule has 0 aliphatic carbocycles. The van der Waals surface area contributed by atoms with E-state index in [2.05, 4.69) is 5.32 Å². The van der Waals surface area contributed by atoms with Crippen LogP contribution in [0.5, 0.6) is 0 Å². The molecule has 0 unspecified atom stereocenters. The summed E-state index contributed by atoms with van der Waals surface area (Å²) >= 11 is 0. The monoisotopic (exact) mass is 281 g/mol. The molecule has 0 aromatic heterocycles. The van der Waals surface area contributed by atoms with Crippen LogP contribution in [0.1, 0.15) is 32.3 Å². The Morgan fingerprint density at radius 3 is 2.35 bits per heavy atom. The molecule has 0 radical (unpaired) electrons. The molecule has 0 saturated carbocycles. The van der Waals surface area contributed by atoms with Crippen LogP contribution in [0.2, 0.25) is 0 Å². The number of amides is 1. The highest BCUT2D eigenvalue weighted by molar-refractivity contribution is 5.83. The topological polar surface area (TPSA) is 66.4 Å². The van der Waals surface area contributed by atoms with Crippen LogP contribution in [0.25, 0.3) is 0 Å². The van der Waals surface area contributed by atoms with Crippen molar-refractivity contribution in [2.45, 2.75) is 39.2 Å². The number of benzene rings is 1. The van der Waals surface area contributed by atoms with Gasteiger partial charge in [-0.25, -0.2) is 9.18 Å². The van der Waals surface area contributed by atoms with E-state index in [4.69, 9.17) is 5.11 Å². The third-order valence-corrected chi connectivity index (χ3v) is 2.89. The van der Waals surface area contributed by atoms with E-state index < -0.39 is 12.0 Å². The summed E-state index contributed by atoms with van der Waals surface area (Å²) in [7, 11) is 0. The number of carbonyl (C=O) groups excluding carboxylic acids is 1. The summed E-state index contributed by atoms with van der Waals surface area (Å²) in [5.74, 6) is -1.45. The van der Waals surface area contributed by atoms with Crippen LogP contribution in [-0.2, 0) is 16.0 Å². The number of rotatable bonds is 7. The number of halogens is 1. The van der Waals surface area contributed by atoms with Gasteiger partial charge in [0.15, 0.2) is 0 Å². The molecule has 0 aliphatic rings. The highest BCUT2D eigenvalue weighted by atomic mass is 19.1. The average molecular weight is 281 g/mol. The number of carboxylic acids is 1. The number of nitrogens with one attached hydrogen (secondary N) is 1. The van der Waals surface area contributed by atoms with E-state index >= 15 is 0 Å². The largest absolute Gasteiger partial charge is 0.480 e. The van der Waals surface area contributed by atoms with Crippen molar-refractivity contribution < 1.29 is 19.1 Å². The molecule has 1 atom stereocenters. The lowest BCUT2D eigenvalue weighted by atomic mass is 10.0. The van der Waals surface area contributed by atoms with Crippen molar-refractivity contribution in [3.63, 3.8) is 0 Å². The standard InChI is InChI=1S/C15H20FNO3/c1-10(2)9-13(15(19)20)17-14(18)8-5-11-3-6-12(16)7-4-11/h3-4,6-7,10,13H,5,8-9H2,1-2H3,(H,17,18)(H,19,20)/t13-/m1/s1. The Kier molecular flexibility index (Phi) is 6.15. The molecular weight excluding hydrogens is 261 g/mol. The number of hydrogen-bond donors (Lipinski definition) is 2. The van der Waals surface area contributed by atoms with Crippen molar-refractivity contribution >= 4 is 11.9 Å². The molecule has 1 aromatic rings. The SMILES string of the molecule is CC(C)C[C@@H](NC(=O)CCc1ccc(F)cc1)C(=O)O. The Labute approximate surface area is 118 Å². The van der Waals surface area contributed by atoms with Crippen LogP contribution in [0.15, 0.2) is 24.3 Å². The van der Waals surface area contributed by atoms with Gasteiger partial charge in [-0.2, -0.15) is 0 Å². The molecule has 0 spiro atoms. The summed E-state index contributed by atoms with van der Waals surface area (Å²) in [6.45, 7) is 3.81. The lowest BCUT2D eigenvalue weighted by molar-refractivity contribution is -0.142. The molecular formula is C15H20FNO3. The predicted molar refractivity (Wildman–Crippen MR) is 73.7 cm³/mol. The molecule has 0 heterocycles. The fraction of sp³-hybridized carbons (Fsp3) is 0.467. The second-order valence-electron chi connectivity index (χ2n) is 5.21. The molecule has 1 aromatic carbocycles. The van der Waals surface area contributed by atoms with Crippen molar-refractivity contribution in [3.05, 3.63) is 35.6 Å². The molecule has 0 saturated heterocycles. The molecule has 0 bridgehead atoms. The highest BCUT2D eigenvalue weighted by Crippen LogP contribution is 2.07. The van der Waals surface area contributed by atoms with E-state index in [-0.39, 0.29) is 24.1 Å². The van der Waals surface area contributed by atoms with Crippen LogP contribution in [-0.4, -0.2) is 23.0 Å². The Morgan fingerprint density at radius 1 is 1.25 bits per heavy atom. The van der Waals surface area contributed by atoms with E-state index in [0.717, 1.165) is 5.56 Å². The molecule has 1 rings (SSSR count). The number of aryl methyl sites for hydroxylation is 1. The summed E-state index contributed by atoms with van der Waals surface area (Å²) in [5.41, 5.74) is 0.845. The lowest BCUT2D eigenvalue weighted by Crippen LogP contribution is -2.41. The Bertz CT molecular complexity index is 457. The molecule has 0 fully saturated rings. The van der Waals surface area contributed by atoms with Gasteiger partial charge in [0, 0.05) is 6.42 Å². The molecule has 4 nitrogen and oxygen atoms in total. The average Bonchev–Trinajstić information content (AvgIpc) is 2.36. The fourth-order valence-electron chi connectivity index (χ4n) is 1.87. The van der Waals surface area contributed by atoms with Gasteiger partial charge in [-0.1, -0.05) is 26.0 Å². The zero-order chi connectivity index (χ0) is 15.1. The van der Waals surface area contributed by atoms with Gasteiger partial charge in [0.2, 0.25) is 5.91 Å². The zero-order valence-corrected chi connectivity index (χ0v) is 11.7. The van der Waals surface area contributed by atoms with Gasteiger partial charge in [0.05, 0.1) is 0 Å². The van der Waals surface area contributed by atoms with Gasteiger partial charge in [-0.05, 0) is 36.5 Å². The molecule has 1 amide bonds. The summed E-state index contributed by atoms with van der Waals surface area (Å²) in [6.07, 6.45) is 1.05. The Balaban J connectivity index is 2.45. The van der Waals surface area contributed by atoms with Gasteiger partial charge in [0.1, 0.15) is 11.9 Å². The quantitative estimate of drug-likeness (QED) is 0.806. The number of carboxylic acid groups (broad SMARTS) is 1. The second kappa shape index (κ2) is 7.62. The van der Waals surface area contributed by atoms with E-state index in [9.17, 15) is 14.0 Å². The third kappa shape index (κ3) is 5.82. The molecule has 20 heavy (non-hydrogen) atoms. The van der Waals surface area contributed by atoms with Crippen molar-refractivity contribution in [1.82, 2.24) is 5.32 Å². The third-order valence-electron chi connectivity index (χ3n) is 2.89. The van der Waals surface area contributed by atoms with Gasteiger partial charge in [0.25, 0.3) is 0 Å². The van der Waals surface area contributed by atoms with Gasteiger partial charge < -0.3 is 10.4 Å². The highest BCUT2D eigenvalue weighted by Gasteiger charge is 2.20. The minimum atomic E-state index is -1.02. The number of hydrogen-bond acceptors (Lipinski definition) is 2. The predicted octanol–water partition coefficient (Wildman–Crippen LogP) is 2.37. The summed E-state index contributed by atoms with van der Waals surface area (Å²) in [6, 6.07) is 5.06. The van der Waals surface area contributed by atoms with Crippen LogP contribution < -0.4 is 5.32 Å². The molecule has 110 valence electrons. The number of carbonyl (C=O) groups is 2. The molecule has 5 heteroatoms. The van der Waals surface area contributed by atoms with Crippen LogP contribution >= 0.6 is 0 Å². The lowest BCUT2D eigenvalue weighted by Gasteiger charge is -2.16. The van der Waals surface area contributed by atoms with E-state index in [0.29, 0.717) is 12.8 Å². The van der Waals surface area contributed by atoms with E-state index in [1.54, 1.807) is 12.1 Å². The van der Waals surface area contributed by atoms with Crippen molar-refractivity contribution in [2.24, 2.45) is 5.92 Å². The van der Waals surface area contributed by atoms with E-state index in [1.165, 1.54) is 12.1 Å². The normalized spacial score (nSPS) is 12.2. The van der Waals surface area contributed by atoms with Gasteiger partial charge in [-0.3, -0.25) is 4.79 Å². The van der Waals surface area contributed by atoms with Gasteiger partial charge in [-0.15, -0.1) is 0 Å². The first-order valence-corrected chi connectivity index (χ1v) is 6.65. The maximum Gasteiger partial charge on any atom is 0.326 e. The van der Waals surface area contributed by atoms with Crippen molar-refractivity contribution in [2.75, 3.05) is 0 Å². The van der Waals surface area contributed by atoms with Crippen LogP contribution in [0.3, 0.4) is 0 Å². The maximum atomic E-state index is 12.7. The van der Waals surface area contributed by atoms with E-state index in [1.807, 2.05) is 13.8 Å². The first-order chi connectivity index (χ1) is 9.38. The Morgan fingerprint density at radius 2 is 1.85 bits per heavy atom. The smallest absolute Gasteiger partial charge is 0.326 e. The number of aliphatic carboxylic acids is 1. The minimum absolute atomic E-state index is 0.188. The molecule has 2 N–H and O–H groups in total. The minimum Gasteiger partial charge on any atom is -0.480 e. The first-order valence-electron chi connectivity index (χ1n) is 6.65. The van der Waals surface area contributed by atoms with Gasteiger partial charge >= 0.3 is 5.97 Å². The zero-order valence-electron chi connectivity index (χ0n) is 11.7. The van der Waals surface area contributed by atoms with Crippen molar-refractivity contribution in [3.8, 4) is 0 Å². The fourth-order valence-corrected chi connectivity index (χ4v) is 1.87. The van der Waals surface area contributed by atoms with Crippen LogP contribution in [0, 0.1) is 11.7 Å². The summed E-state index contributed by atoms with van der Waals surface area (Å²) in [5, 5.41) is 11.5.